The van der Waals surface area contributed by atoms with Crippen LogP contribution in [-0.2, 0) is 27.1 Å². The third-order valence-corrected chi connectivity index (χ3v) is 5.23. The maximum absolute atomic E-state index is 12.5. The summed E-state index contributed by atoms with van der Waals surface area (Å²) in [4.78, 5) is 26.7. The number of aromatic nitrogens is 2. The first-order valence-electron chi connectivity index (χ1n) is 8.98. The van der Waals surface area contributed by atoms with Crippen LogP contribution >= 0.6 is 0 Å². The first-order valence-corrected chi connectivity index (χ1v) is 8.98. The van der Waals surface area contributed by atoms with Gasteiger partial charge in [-0.1, -0.05) is 13.8 Å². The van der Waals surface area contributed by atoms with Crippen LogP contribution in [0.4, 0.5) is 0 Å². The zero-order valence-electron chi connectivity index (χ0n) is 15.5. The third-order valence-electron chi connectivity index (χ3n) is 5.23. The number of piperidine rings is 1. The zero-order chi connectivity index (χ0) is 18.1. The molecule has 6 heteroatoms. The maximum atomic E-state index is 12.5. The van der Waals surface area contributed by atoms with E-state index in [1.807, 2.05) is 6.07 Å². The second-order valence-electron chi connectivity index (χ2n) is 7.19. The SMILES string of the molecule is CCc1ccc(C2CC(C)CCN2Cc2cn(C)c(=O)n(C)c2=O)o1. The highest BCUT2D eigenvalue weighted by molar-refractivity contribution is 5.13. The summed E-state index contributed by atoms with van der Waals surface area (Å²) in [6.45, 7) is 5.79. The van der Waals surface area contributed by atoms with Gasteiger partial charge in [0, 0.05) is 38.8 Å². The number of rotatable bonds is 4. The Labute approximate surface area is 147 Å². The summed E-state index contributed by atoms with van der Waals surface area (Å²) >= 11 is 0. The fraction of sp³-hybridized carbons (Fsp3) is 0.579. The van der Waals surface area contributed by atoms with E-state index < -0.39 is 0 Å². The molecule has 1 saturated heterocycles. The maximum Gasteiger partial charge on any atom is 0.330 e. The second-order valence-corrected chi connectivity index (χ2v) is 7.19. The van der Waals surface area contributed by atoms with Crippen LogP contribution in [0.1, 0.15) is 49.8 Å². The molecule has 2 atom stereocenters. The number of hydrogen-bond acceptors (Lipinski definition) is 4. The average molecular weight is 345 g/mol. The van der Waals surface area contributed by atoms with Gasteiger partial charge in [0.2, 0.25) is 0 Å². The van der Waals surface area contributed by atoms with Crippen LogP contribution in [0.25, 0.3) is 0 Å². The van der Waals surface area contributed by atoms with E-state index in [-0.39, 0.29) is 17.3 Å². The van der Waals surface area contributed by atoms with Gasteiger partial charge in [0.05, 0.1) is 6.04 Å². The number of aryl methyl sites for hydroxylation is 2. The Morgan fingerprint density at radius 2 is 2.00 bits per heavy atom. The largest absolute Gasteiger partial charge is 0.464 e. The molecule has 0 N–H and O–H groups in total. The van der Waals surface area contributed by atoms with E-state index in [4.69, 9.17) is 4.42 Å². The Hall–Kier alpha value is -2.08. The molecule has 2 aromatic rings. The molecule has 3 rings (SSSR count). The third kappa shape index (κ3) is 3.49. The van der Waals surface area contributed by atoms with Crippen molar-refractivity contribution >= 4 is 0 Å². The van der Waals surface area contributed by atoms with Crippen molar-refractivity contribution in [2.24, 2.45) is 20.0 Å². The van der Waals surface area contributed by atoms with Gasteiger partial charge in [0.1, 0.15) is 11.5 Å². The van der Waals surface area contributed by atoms with Gasteiger partial charge in [-0.15, -0.1) is 0 Å². The van der Waals surface area contributed by atoms with Crippen molar-refractivity contribution in [2.45, 2.75) is 45.7 Å². The first kappa shape index (κ1) is 17.7. The fourth-order valence-electron chi connectivity index (χ4n) is 3.65. The lowest BCUT2D eigenvalue weighted by Gasteiger charge is -2.37. The molecule has 1 aliphatic heterocycles. The summed E-state index contributed by atoms with van der Waals surface area (Å²) in [5, 5.41) is 0. The molecule has 1 fully saturated rings. The smallest absolute Gasteiger partial charge is 0.330 e. The Kier molecular flexibility index (Phi) is 4.99. The van der Waals surface area contributed by atoms with Crippen LogP contribution in [0.2, 0.25) is 0 Å². The molecule has 3 heterocycles. The molecule has 1 aliphatic rings. The lowest BCUT2D eigenvalue weighted by atomic mass is 9.91. The number of nitrogens with zero attached hydrogens (tertiary/aromatic N) is 3. The van der Waals surface area contributed by atoms with E-state index in [9.17, 15) is 9.59 Å². The highest BCUT2D eigenvalue weighted by atomic mass is 16.3. The average Bonchev–Trinajstić information content (AvgIpc) is 3.08. The molecule has 0 amide bonds. The minimum Gasteiger partial charge on any atom is -0.464 e. The summed E-state index contributed by atoms with van der Waals surface area (Å²) in [7, 11) is 3.21. The van der Waals surface area contributed by atoms with Crippen molar-refractivity contribution in [3.63, 3.8) is 0 Å². The van der Waals surface area contributed by atoms with Crippen LogP contribution in [0.3, 0.4) is 0 Å². The number of likely N-dealkylation sites (tertiary alicyclic amines) is 1. The molecule has 0 spiro atoms. The number of hydrogen-bond donors (Lipinski definition) is 0. The van der Waals surface area contributed by atoms with E-state index in [1.165, 1.54) is 16.2 Å². The summed E-state index contributed by atoms with van der Waals surface area (Å²) < 4.78 is 8.66. The van der Waals surface area contributed by atoms with Crippen molar-refractivity contribution in [1.82, 2.24) is 14.0 Å². The molecule has 2 unspecified atom stereocenters. The van der Waals surface area contributed by atoms with Crippen LogP contribution in [0.15, 0.2) is 32.3 Å². The Morgan fingerprint density at radius 3 is 2.68 bits per heavy atom. The molecule has 0 bridgehead atoms. The second kappa shape index (κ2) is 7.04. The quantitative estimate of drug-likeness (QED) is 0.852. The molecule has 0 radical (unpaired) electrons. The van der Waals surface area contributed by atoms with E-state index >= 15 is 0 Å². The summed E-state index contributed by atoms with van der Waals surface area (Å²) in [5.74, 6) is 2.59. The van der Waals surface area contributed by atoms with Crippen LogP contribution < -0.4 is 11.2 Å². The molecule has 0 saturated carbocycles. The normalized spacial score (nSPS) is 21.6. The van der Waals surface area contributed by atoms with Gasteiger partial charge in [-0.25, -0.2) is 4.79 Å². The van der Waals surface area contributed by atoms with E-state index in [1.54, 1.807) is 13.2 Å². The van der Waals surface area contributed by atoms with Gasteiger partial charge in [-0.05, 0) is 37.4 Å². The molecular weight excluding hydrogens is 318 g/mol. The van der Waals surface area contributed by atoms with Gasteiger partial charge in [0.15, 0.2) is 0 Å². The molecular formula is C19H27N3O3. The van der Waals surface area contributed by atoms with Crippen LogP contribution in [0.5, 0.6) is 0 Å². The fourth-order valence-corrected chi connectivity index (χ4v) is 3.65. The van der Waals surface area contributed by atoms with Crippen molar-refractivity contribution in [1.29, 1.82) is 0 Å². The predicted molar refractivity (Wildman–Crippen MR) is 96.6 cm³/mol. The molecule has 2 aromatic heterocycles. The topological polar surface area (TPSA) is 60.4 Å². The zero-order valence-corrected chi connectivity index (χ0v) is 15.5. The van der Waals surface area contributed by atoms with Gasteiger partial charge < -0.3 is 8.98 Å². The minimum absolute atomic E-state index is 0.172. The molecule has 6 nitrogen and oxygen atoms in total. The van der Waals surface area contributed by atoms with Crippen LogP contribution in [-0.4, -0.2) is 20.6 Å². The Balaban J connectivity index is 1.92. The molecule has 136 valence electrons. The summed E-state index contributed by atoms with van der Waals surface area (Å²) in [6.07, 6.45) is 4.66. The van der Waals surface area contributed by atoms with Crippen molar-refractivity contribution in [2.75, 3.05) is 6.54 Å². The molecule has 0 aromatic carbocycles. The monoisotopic (exact) mass is 345 g/mol. The first-order chi connectivity index (χ1) is 11.9. The van der Waals surface area contributed by atoms with Crippen molar-refractivity contribution in [3.05, 3.63) is 56.3 Å². The van der Waals surface area contributed by atoms with E-state index in [0.717, 1.165) is 37.3 Å². The van der Waals surface area contributed by atoms with Crippen molar-refractivity contribution < 1.29 is 4.42 Å². The van der Waals surface area contributed by atoms with Crippen molar-refractivity contribution in [3.8, 4) is 0 Å². The minimum atomic E-state index is -0.295. The molecule has 25 heavy (non-hydrogen) atoms. The van der Waals surface area contributed by atoms with Gasteiger partial charge in [0.25, 0.3) is 5.56 Å². The van der Waals surface area contributed by atoms with E-state index in [2.05, 4.69) is 24.8 Å². The molecule has 0 aliphatic carbocycles. The predicted octanol–water partition coefficient (Wildman–Crippen LogP) is 2.21. The Bertz CT molecular complexity index is 862. The lowest BCUT2D eigenvalue weighted by molar-refractivity contribution is 0.0927. The lowest BCUT2D eigenvalue weighted by Crippen LogP contribution is -2.42. The summed E-state index contributed by atoms with van der Waals surface area (Å²) in [5.41, 5.74) is 0.136. The van der Waals surface area contributed by atoms with Gasteiger partial charge >= 0.3 is 5.69 Å². The number of furan rings is 1. The van der Waals surface area contributed by atoms with Gasteiger partial charge in [-0.3, -0.25) is 14.3 Å². The van der Waals surface area contributed by atoms with E-state index in [0.29, 0.717) is 18.0 Å². The Morgan fingerprint density at radius 1 is 1.24 bits per heavy atom. The van der Waals surface area contributed by atoms with Crippen LogP contribution in [0, 0.1) is 5.92 Å². The summed E-state index contributed by atoms with van der Waals surface area (Å²) in [6, 6.07) is 4.27. The highest BCUT2D eigenvalue weighted by Crippen LogP contribution is 2.35. The van der Waals surface area contributed by atoms with Gasteiger partial charge in [-0.2, -0.15) is 0 Å². The standard InChI is InChI=1S/C19H27N3O3/c1-5-15-6-7-17(25-15)16-10-13(2)8-9-22(16)12-14-11-20(3)19(24)21(4)18(14)23/h6-7,11,13,16H,5,8-10,12H2,1-4H3. The highest BCUT2D eigenvalue weighted by Gasteiger charge is 2.30.